The third-order valence-electron chi connectivity index (χ3n) is 3.05. The molecule has 22 heavy (non-hydrogen) atoms. The third kappa shape index (κ3) is 2.21. The summed E-state index contributed by atoms with van der Waals surface area (Å²) in [5.74, 6) is 0.817. The molecule has 0 aliphatic rings. The fourth-order valence-corrected chi connectivity index (χ4v) is 2.92. The van der Waals surface area contributed by atoms with Crippen LogP contribution < -0.4 is 0 Å². The summed E-state index contributed by atoms with van der Waals surface area (Å²) >= 11 is 1.41. The van der Waals surface area contributed by atoms with Gasteiger partial charge in [0.25, 0.3) is 0 Å². The first-order valence-corrected chi connectivity index (χ1v) is 7.33. The molecule has 0 aliphatic heterocycles. The zero-order chi connectivity index (χ0) is 14.9. The van der Waals surface area contributed by atoms with Gasteiger partial charge in [-0.05, 0) is 53.4 Å². The van der Waals surface area contributed by atoms with E-state index in [1.165, 1.54) is 16.4 Å². The van der Waals surface area contributed by atoms with E-state index >= 15 is 0 Å². The molecule has 0 bridgehead atoms. The van der Waals surface area contributed by atoms with E-state index < -0.39 is 0 Å². The summed E-state index contributed by atoms with van der Waals surface area (Å²) in [6.45, 7) is 1.92. The largest absolute Gasteiger partial charge is 0.274 e. The molecule has 0 fully saturated rings. The molecule has 1 aromatic carbocycles. The highest BCUT2D eigenvalue weighted by Crippen LogP contribution is 2.27. The van der Waals surface area contributed by atoms with Crippen LogP contribution in [0.1, 0.15) is 5.82 Å². The molecule has 0 unspecified atom stereocenters. The predicted octanol–water partition coefficient (Wildman–Crippen LogP) is 1.56. The Hall–Kier alpha value is -2.81. The monoisotopic (exact) mass is 310 g/mol. The fraction of sp³-hybridized carbons (Fsp3) is 0.0769. The SMILES string of the molecule is Cc1nnc(Sc2ccc3nnnn3n2)n1-c1ccccc1. The van der Waals surface area contributed by atoms with Gasteiger partial charge in [-0.1, -0.05) is 18.2 Å². The van der Waals surface area contributed by atoms with Crippen molar-refractivity contribution in [2.45, 2.75) is 17.1 Å². The second-order valence-electron chi connectivity index (χ2n) is 4.50. The highest BCUT2D eigenvalue weighted by atomic mass is 32.2. The van der Waals surface area contributed by atoms with Crippen LogP contribution in [0.2, 0.25) is 0 Å². The summed E-state index contributed by atoms with van der Waals surface area (Å²) in [5, 5.41) is 25.4. The maximum absolute atomic E-state index is 4.34. The summed E-state index contributed by atoms with van der Waals surface area (Å²) in [5.41, 5.74) is 1.61. The Kier molecular flexibility index (Phi) is 3.04. The van der Waals surface area contributed by atoms with Gasteiger partial charge in [-0.25, -0.2) is 0 Å². The van der Waals surface area contributed by atoms with Crippen molar-refractivity contribution in [1.82, 2.24) is 40.0 Å². The maximum Gasteiger partial charge on any atom is 0.202 e. The van der Waals surface area contributed by atoms with Gasteiger partial charge in [-0.2, -0.15) is 0 Å². The van der Waals surface area contributed by atoms with Crippen LogP contribution in [-0.2, 0) is 0 Å². The van der Waals surface area contributed by atoms with E-state index in [-0.39, 0.29) is 0 Å². The van der Waals surface area contributed by atoms with Gasteiger partial charge < -0.3 is 0 Å². The molecule has 0 N–H and O–H groups in total. The molecule has 0 saturated carbocycles. The Morgan fingerprint density at radius 1 is 0.955 bits per heavy atom. The van der Waals surface area contributed by atoms with E-state index in [0.29, 0.717) is 5.65 Å². The number of aryl methyl sites for hydroxylation is 1. The quantitative estimate of drug-likeness (QED) is 0.567. The second kappa shape index (κ2) is 5.19. The summed E-state index contributed by atoms with van der Waals surface area (Å²) in [4.78, 5) is 0. The molecule has 0 atom stereocenters. The van der Waals surface area contributed by atoms with E-state index in [4.69, 9.17) is 0 Å². The molecular formula is C13H10N8S. The number of fused-ring (bicyclic) bond motifs is 1. The lowest BCUT2D eigenvalue weighted by atomic mass is 10.3. The predicted molar refractivity (Wildman–Crippen MR) is 78.8 cm³/mol. The fourth-order valence-electron chi connectivity index (χ4n) is 2.06. The molecule has 108 valence electrons. The van der Waals surface area contributed by atoms with Crippen molar-refractivity contribution in [2.24, 2.45) is 0 Å². The average molecular weight is 310 g/mol. The van der Waals surface area contributed by atoms with Gasteiger partial charge in [-0.3, -0.25) is 4.57 Å². The van der Waals surface area contributed by atoms with E-state index in [0.717, 1.165) is 21.7 Å². The summed E-state index contributed by atoms with van der Waals surface area (Å²) < 4.78 is 3.37. The number of hydrogen-bond acceptors (Lipinski definition) is 7. The van der Waals surface area contributed by atoms with Gasteiger partial charge in [-0.15, -0.1) is 25.0 Å². The van der Waals surface area contributed by atoms with Gasteiger partial charge in [0.15, 0.2) is 5.65 Å². The van der Waals surface area contributed by atoms with Gasteiger partial charge >= 0.3 is 0 Å². The number of aromatic nitrogens is 8. The minimum absolute atomic E-state index is 0.602. The molecule has 4 aromatic rings. The van der Waals surface area contributed by atoms with Crippen LogP contribution in [0.15, 0.2) is 52.6 Å². The number of benzene rings is 1. The lowest BCUT2D eigenvalue weighted by Crippen LogP contribution is -2.00. The number of rotatable bonds is 3. The molecule has 8 nitrogen and oxygen atoms in total. The van der Waals surface area contributed by atoms with E-state index in [9.17, 15) is 0 Å². The molecule has 0 radical (unpaired) electrons. The molecule has 0 saturated heterocycles. The Morgan fingerprint density at radius 3 is 2.68 bits per heavy atom. The molecule has 3 heterocycles. The zero-order valence-electron chi connectivity index (χ0n) is 11.5. The van der Waals surface area contributed by atoms with Crippen molar-refractivity contribution in [2.75, 3.05) is 0 Å². The van der Waals surface area contributed by atoms with E-state index in [1.807, 2.05) is 54.0 Å². The highest BCUT2D eigenvalue weighted by molar-refractivity contribution is 7.99. The van der Waals surface area contributed by atoms with Gasteiger partial charge in [0.2, 0.25) is 5.16 Å². The minimum atomic E-state index is 0.602. The second-order valence-corrected chi connectivity index (χ2v) is 5.49. The minimum Gasteiger partial charge on any atom is -0.274 e. The van der Waals surface area contributed by atoms with Crippen LogP contribution in [0.4, 0.5) is 0 Å². The zero-order valence-corrected chi connectivity index (χ0v) is 12.3. The van der Waals surface area contributed by atoms with E-state index in [1.54, 1.807) is 0 Å². The lowest BCUT2D eigenvalue weighted by Gasteiger charge is -2.07. The number of hydrogen-bond donors (Lipinski definition) is 0. The van der Waals surface area contributed by atoms with Gasteiger partial charge in [0.05, 0.1) is 0 Å². The topological polar surface area (TPSA) is 86.7 Å². The van der Waals surface area contributed by atoms with Crippen molar-refractivity contribution in [3.63, 3.8) is 0 Å². The Morgan fingerprint density at radius 2 is 1.82 bits per heavy atom. The standard InChI is InChI=1S/C13H10N8S/c1-9-14-16-13(20(9)10-5-3-2-4-6-10)22-12-8-7-11-15-18-19-21(11)17-12/h2-8H,1H3. The van der Waals surface area contributed by atoms with Crippen LogP contribution in [-0.4, -0.2) is 40.0 Å². The molecular weight excluding hydrogens is 300 g/mol. The molecule has 9 heteroatoms. The smallest absolute Gasteiger partial charge is 0.202 e. The first-order chi connectivity index (χ1) is 10.8. The molecule has 0 amide bonds. The first kappa shape index (κ1) is 12.9. The van der Waals surface area contributed by atoms with Crippen molar-refractivity contribution >= 4 is 17.4 Å². The van der Waals surface area contributed by atoms with Crippen molar-refractivity contribution in [1.29, 1.82) is 0 Å². The maximum atomic E-state index is 4.34. The Balaban J connectivity index is 1.74. The Bertz CT molecular complexity index is 930. The molecule has 3 aromatic heterocycles. The third-order valence-corrected chi connectivity index (χ3v) is 3.92. The molecule has 0 spiro atoms. The Labute approximate surface area is 129 Å². The van der Waals surface area contributed by atoms with Crippen LogP contribution in [0.25, 0.3) is 11.3 Å². The van der Waals surface area contributed by atoms with E-state index in [2.05, 4.69) is 30.8 Å². The van der Waals surface area contributed by atoms with Crippen molar-refractivity contribution in [3.05, 3.63) is 48.3 Å². The number of nitrogens with zero attached hydrogens (tertiary/aromatic N) is 8. The van der Waals surface area contributed by atoms with Crippen molar-refractivity contribution < 1.29 is 0 Å². The van der Waals surface area contributed by atoms with Gasteiger partial charge in [0, 0.05) is 5.69 Å². The lowest BCUT2D eigenvalue weighted by molar-refractivity contribution is 0.701. The molecule has 0 aliphatic carbocycles. The average Bonchev–Trinajstić information content (AvgIpc) is 3.14. The normalized spacial score (nSPS) is 11.1. The summed E-state index contributed by atoms with van der Waals surface area (Å²) in [6.07, 6.45) is 0. The molecule has 4 rings (SSSR count). The van der Waals surface area contributed by atoms with Crippen LogP contribution >= 0.6 is 11.8 Å². The van der Waals surface area contributed by atoms with Crippen LogP contribution in [0.5, 0.6) is 0 Å². The first-order valence-electron chi connectivity index (χ1n) is 6.52. The highest BCUT2D eigenvalue weighted by Gasteiger charge is 2.13. The van der Waals surface area contributed by atoms with Crippen molar-refractivity contribution in [3.8, 4) is 5.69 Å². The summed E-state index contributed by atoms with van der Waals surface area (Å²) in [6, 6.07) is 13.6. The number of tetrazole rings is 1. The van der Waals surface area contributed by atoms with Crippen LogP contribution in [0, 0.1) is 6.92 Å². The van der Waals surface area contributed by atoms with Gasteiger partial charge in [0.1, 0.15) is 10.9 Å². The number of para-hydroxylation sites is 1. The van der Waals surface area contributed by atoms with Crippen LogP contribution in [0.3, 0.4) is 0 Å². The summed E-state index contributed by atoms with van der Waals surface area (Å²) in [7, 11) is 0.